The van der Waals surface area contributed by atoms with Crippen molar-refractivity contribution in [3.63, 3.8) is 0 Å². The molecule has 2 nitrogen and oxygen atoms in total. The maximum Gasteiger partial charge on any atom is 0.0242 e. The van der Waals surface area contributed by atoms with Crippen LogP contribution in [0.1, 0.15) is 5.56 Å². The van der Waals surface area contributed by atoms with Gasteiger partial charge in [0.2, 0.25) is 0 Å². The summed E-state index contributed by atoms with van der Waals surface area (Å²) in [4.78, 5) is 9.00. The SMILES string of the molecule is Cc1cc(-c2[c-]cccc2)ncc1-c1ccccc1.[Ir].[c-]1ccc2c(sc3ccccc32)c1-c1ccccn1. The largest absolute Gasteiger partial charge is 0.305 e. The molecule has 0 aliphatic heterocycles. The molecule has 0 bridgehead atoms. The van der Waals surface area contributed by atoms with Crippen LogP contribution in [0.3, 0.4) is 0 Å². The fourth-order valence-electron chi connectivity index (χ4n) is 4.57. The van der Waals surface area contributed by atoms with E-state index in [1.807, 2.05) is 90.5 Å². The summed E-state index contributed by atoms with van der Waals surface area (Å²) >= 11 is 1.81. The van der Waals surface area contributed by atoms with E-state index < -0.39 is 0 Å². The van der Waals surface area contributed by atoms with Crippen LogP contribution < -0.4 is 0 Å². The zero-order chi connectivity index (χ0) is 25.7. The van der Waals surface area contributed by atoms with Gasteiger partial charge in [0.25, 0.3) is 0 Å². The van der Waals surface area contributed by atoms with Crippen LogP contribution in [-0.4, -0.2) is 9.97 Å². The van der Waals surface area contributed by atoms with E-state index >= 15 is 0 Å². The number of hydrogen-bond acceptors (Lipinski definition) is 3. The molecule has 4 heteroatoms. The van der Waals surface area contributed by atoms with Crippen LogP contribution in [0.5, 0.6) is 0 Å². The van der Waals surface area contributed by atoms with Gasteiger partial charge in [-0.25, -0.2) is 0 Å². The minimum absolute atomic E-state index is 0. The van der Waals surface area contributed by atoms with Crippen molar-refractivity contribution in [2.45, 2.75) is 6.92 Å². The van der Waals surface area contributed by atoms with Crippen molar-refractivity contribution in [1.82, 2.24) is 9.97 Å². The number of rotatable bonds is 3. The van der Waals surface area contributed by atoms with E-state index in [2.05, 4.69) is 77.6 Å². The van der Waals surface area contributed by atoms with Gasteiger partial charge in [-0.3, -0.25) is 0 Å². The third kappa shape index (κ3) is 5.74. The summed E-state index contributed by atoms with van der Waals surface area (Å²) < 4.78 is 2.58. The first-order valence-corrected chi connectivity index (χ1v) is 13.3. The molecule has 3 heterocycles. The number of benzene rings is 4. The Hall–Kier alpha value is -3.95. The third-order valence-electron chi connectivity index (χ3n) is 6.44. The molecule has 0 saturated heterocycles. The predicted octanol–water partition coefficient (Wildman–Crippen LogP) is 9.44. The molecular weight excluding hydrogens is 673 g/mol. The standard InChI is InChI=1S/C18H14N.C17H10NS.Ir/c1-14-12-18(16-10-6-3-7-11-16)19-13-17(14)15-8-4-2-5-9-15;1-2-10-16-12(6-1)13-7-5-8-14(17(13)19-16)15-9-3-4-11-18-15;/h2-10,12-13H,1H3;1-7,9-11H;/q2*-1;. The van der Waals surface area contributed by atoms with Crippen LogP contribution in [0.25, 0.3) is 53.8 Å². The van der Waals surface area contributed by atoms with E-state index in [4.69, 9.17) is 0 Å². The van der Waals surface area contributed by atoms with Gasteiger partial charge in [0, 0.05) is 42.8 Å². The van der Waals surface area contributed by atoms with Crippen LogP contribution in [0.4, 0.5) is 0 Å². The van der Waals surface area contributed by atoms with Gasteiger partial charge in [0.05, 0.1) is 0 Å². The topological polar surface area (TPSA) is 25.8 Å². The first-order chi connectivity index (χ1) is 18.8. The van der Waals surface area contributed by atoms with Gasteiger partial charge in [-0.2, -0.15) is 11.3 Å². The number of fused-ring (bicyclic) bond motifs is 3. The number of nitrogens with zero attached hydrogens (tertiary/aromatic N) is 2. The molecule has 0 aliphatic carbocycles. The average molecular weight is 697 g/mol. The van der Waals surface area contributed by atoms with E-state index in [-0.39, 0.29) is 20.1 Å². The molecule has 0 atom stereocenters. The summed E-state index contributed by atoms with van der Waals surface area (Å²) in [6.07, 6.45) is 3.77. The number of thiophene rings is 1. The zero-order valence-electron chi connectivity index (χ0n) is 21.3. The van der Waals surface area contributed by atoms with Gasteiger partial charge in [-0.1, -0.05) is 72.1 Å². The summed E-state index contributed by atoms with van der Waals surface area (Å²) in [6, 6.07) is 45.6. The van der Waals surface area contributed by atoms with Crippen molar-refractivity contribution < 1.29 is 20.1 Å². The Morgan fingerprint density at radius 1 is 0.667 bits per heavy atom. The van der Waals surface area contributed by atoms with Gasteiger partial charge in [-0.05, 0) is 51.7 Å². The monoisotopic (exact) mass is 697 g/mol. The van der Waals surface area contributed by atoms with Crippen LogP contribution in [0.2, 0.25) is 0 Å². The van der Waals surface area contributed by atoms with E-state index in [1.54, 1.807) is 0 Å². The number of pyridine rings is 2. The second-order valence-corrected chi connectivity index (χ2v) is 9.99. The van der Waals surface area contributed by atoms with Crippen molar-refractivity contribution in [2.24, 2.45) is 0 Å². The van der Waals surface area contributed by atoms with E-state index in [0.717, 1.165) is 22.5 Å². The third-order valence-corrected chi connectivity index (χ3v) is 7.64. The molecule has 3 aromatic heterocycles. The van der Waals surface area contributed by atoms with Crippen molar-refractivity contribution in [3.05, 3.63) is 145 Å². The van der Waals surface area contributed by atoms with Gasteiger partial charge < -0.3 is 9.97 Å². The van der Waals surface area contributed by atoms with Gasteiger partial charge in [-0.15, -0.1) is 59.7 Å². The van der Waals surface area contributed by atoms with Crippen molar-refractivity contribution in [3.8, 4) is 33.6 Å². The maximum atomic E-state index is 4.55. The number of aromatic nitrogens is 2. The molecule has 0 unspecified atom stereocenters. The van der Waals surface area contributed by atoms with E-state index in [9.17, 15) is 0 Å². The summed E-state index contributed by atoms with van der Waals surface area (Å²) in [7, 11) is 0. The predicted molar refractivity (Wildman–Crippen MR) is 160 cm³/mol. The number of hydrogen-bond donors (Lipinski definition) is 0. The molecule has 1 radical (unpaired) electrons. The number of aryl methyl sites for hydroxylation is 1. The molecule has 4 aromatic carbocycles. The second kappa shape index (κ2) is 12.3. The van der Waals surface area contributed by atoms with E-state index in [0.29, 0.717) is 0 Å². The molecule has 0 N–H and O–H groups in total. The summed E-state index contributed by atoms with van der Waals surface area (Å²) in [5.74, 6) is 0. The Morgan fingerprint density at radius 2 is 1.46 bits per heavy atom. The first kappa shape index (κ1) is 26.6. The minimum atomic E-state index is 0. The molecule has 7 rings (SSSR count). The summed E-state index contributed by atoms with van der Waals surface area (Å²) in [5, 5.41) is 2.61. The maximum absolute atomic E-state index is 4.55. The smallest absolute Gasteiger partial charge is 0.0242 e. The Bertz CT molecular complexity index is 1810. The van der Waals surface area contributed by atoms with Crippen LogP contribution in [0.15, 0.2) is 128 Å². The van der Waals surface area contributed by atoms with E-state index in [1.165, 1.54) is 36.9 Å². The fourth-order valence-corrected chi connectivity index (χ4v) is 5.78. The minimum Gasteiger partial charge on any atom is -0.305 e. The van der Waals surface area contributed by atoms with Crippen LogP contribution >= 0.6 is 11.3 Å². The Morgan fingerprint density at radius 3 is 2.23 bits per heavy atom. The van der Waals surface area contributed by atoms with Crippen molar-refractivity contribution in [2.75, 3.05) is 0 Å². The average Bonchev–Trinajstić information content (AvgIpc) is 3.38. The first-order valence-electron chi connectivity index (χ1n) is 12.5. The molecule has 0 spiro atoms. The Balaban J connectivity index is 0.000000154. The molecule has 0 fully saturated rings. The molecular formula is C35H24IrN2S-2. The molecule has 0 aliphatic rings. The molecule has 191 valence electrons. The Kier molecular flexibility index (Phi) is 8.39. The molecule has 0 amide bonds. The zero-order valence-corrected chi connectivity index (χ0v) is 24.5. The summed E-state index contributed by atoms with van der Waals surface area (Å²) in [5.41, 5.74) is 7.70. The second-order valence-electron chi connectivity index (χ2n) is 8.94. The molecule has 7 aromatic rings. The quantitative estimate of drug-likeness (QED) is 0.172. The normalized spacial score (nSPS) is 10.5. The molecule has 39 heavy (non-hydrogen) atoms. The van der Waals surface area contributed by atoms with Gasteiger partial charge >= 0.3 is 0 Å². The van der Waals surface area contributed by atoms with Gasteiger partial charge in [0.15, 0.2) is 0 Å². The van der Waals surface area contributed by atoms with Crippen molar-refractivity contribution >= 4 is 31.5 Å². The molecule has 0 saturated carbocycles. The Labute approximate surface area is 246 Å². The summed E-state index contributed by atoms with van der Waals surface area (Å²) in [6.45, 7) is 2.12. The van der Waals surface area contributed by atoms with Gasteiger partial charge in [0.1, 0.15) is 0 Å². The van der Waals surface area contributed by atoms with Crippen LogP contribution in [0, 0.1) is 19.1 Å². The fraction of sp³-hybridized carbons (Fsp3) is 0.0286. The van der Waals surface area contributed by atoms with Crippen LogP contribution in [-0.2, 0) is 20.1 Å². The van der Waals surface area contributed by atoms with Crippen molar-refractivity contribution in [1.29, 1.82) is 0 Å².